The van der Waals surface area contributed by atoms with E-state index in [1.807, 2.05) is 24.3 Å². The van der Waals surface area contributed by atoms with Crippen molar-refractivity contribution < 1.29 is 23.1 Å². The van der Waals surface area contributed by atoms with E-state index in [0.717, 1.165) is 49.3 Å². The predicted molar refractivity (Wildman–Crippen MR) is 119 cm³/mol. The lowest BCUT2D eigenvalue weighted by molar-refractivity contribution is -0.138. The molecule has 0 amide bonds. The molecule has 0 radical (unpaired) electrons. The Morgan fingerprint density at radius 1 is 1.03 bits per heavy atom. The highest BCUT2D eigenvalue weighted by Crippen LogP contribution is 2.31. The Morgan fingerprint density at radius 3 is 2.36 bits per heavy atom. The monoisotopic (exact) mass is 456 g/mol. The molecule has 2 N–H and O–H groups in total. The number of piperidine rings is 1. The Kier molecular flexibility index (Phi) is 6.48. The quantitative estimate of drug-likeness (QED) is 0.503. The maximum atomic E-state index is 12.9. The predicted octanol–water partition coefficient (Wildman–Crippen LogP) is 5.60. The summed E-state index contributed by atoms with van der Waals surface area (Å²) >= 11 is 0. The lowest BCUT2D eigenvalue weighted by Crippen LogP contribution is -2.34. The van der Waals surface area contributed by atoms with Crippen LogP contribution in [-0.2, 0) is 11.0 Å². The first-order valence-corrected chi connectivity index (χ1v) is 10.6. The summed E-state index contributed by atoms with van der Waals surface area (Å²) < 4.78 is 38.6. The van der Waals surface area contributed by atoms with E-state index in [-0.39, 0.29) is 18.0 Å². The summed E-state index contributed by atoms with van der Waals surface area (Å²) in [5.41, 5.74) is 2.14. The summed E-state index contributed by atoms with van der Waals surface area (Å²) in [6.45, 7) is 1.65. The van der Waals surface area contributed by atoms with Gasteiger partial charge in [0.25, 0.3) is 0 Å². The summed E-state index contributed by atoms with van der Waals surface area (Å²) in [6, 6.07) is 16.2. The van der Waals surface area contributed by atoms with Crippen LogP contribution in [0.2, 0.25) is 0 Å². The van der Waals surface area contributed by atoms with Gasteiger partial charge in [0.2, 0.25) is 0 Å². The fourth-order valence-corrected chi connectivity index (χ4v) is 3.96. The van der Waals surface area contributed by atoms with Crippen molar-refractivity contribution in [3.05, 3.63) is 66.2 Å². The number of hydrogen-bond donors (Lipinski definition) is 2. The molecule has 1 fully saturated rings. The van der Waals surface area contributed by atoms with Crippen LogP contribution in [0.4, 0.5) is 30.4 Å². The number of aromatic nitrogens is 2. The van der Waals surface area contributed by atoms with Crippen LogP contribution < -0.4 is 10.2 Å². The minimum atomic E-state index is -4.41. The van der Waals surface area contributed by atoms with Crippen LogP contribution in [-0.4, -0.2) is 34.4 Å². The Morgan fingerprint density at radius 2 is 1.76 bits per heavy atom. The molecule has 0 saturated carbocycles. The molecular formula is C24H23F3N4O2. The van der Waals surface area contributed by atoms with Gasteiger partial charge in [-0.15, -0.1) is 10.2 Å². The summed E-state index contributed by atoms with van der Waals surface area (Å²) in [4.78, 5) is 13.1. The Labute approximate surface area is 189 Å². The zero-order valence-corrected chi connectivity index (χ0v) is 17.7. The maximum Gasteiger partial charge on any atom is 0.416 e. The molecule has 1 saturated heterocycles. The molecule has 6 nitrogen and oxygen atoms in total. The van der Waals surface area contributed by atoms with E-state index in [2.05, 4.69) is 20.4 Å². The molecule has 2 heterocycles. The molecule has 172 valence electrons. The largest absolute Gasteiger partial charge is 0.481 e. The van der Waals surface area contributed by atoms with E-state index < -0.39 is 17.7 Å². The second-order valence-electron chi connectivity index (χ2n) is 8.08. The Balaban J connectivity index is 1.38. The van der Waals surface area contributed by atoms with Crippen LogP contribution in [0.15, 0.2) is 60.7 Å². The Bertz CT molecular complexity index is 1090. The molecular weight excluding hydrogens is 433 g/mol. The molecule has 2 aromatic carbocycles. The smallest absolute Gasteiger partial charge is 0.416 e. The molecule has 0 unspecified atom stereocenters. The topological polar surface area (TPSA) is 78.4 Å². The van der Waals surface area contributed by atoms with Crippen molar-refractivity contribution in [2.45, 2.75) is 25.4 Å². The molecule has 9 heteroatoms. The molecule has 3 aromatic rings. The van der Waals surface area contributed by atoms with Crippen molar-refractivity contribution in [1.29, 1.82) is 0 Å². The van der Waals surface area contributed by atoms with E-state index in [1.54, 1.807) is 12.1 Å². The number of carboxylic acids is 1. The van der Waals surface area contributed by atoms with E-state index >= 15 is 0 Å². The lowest BCUT2D eigenvalue weighted by atomic mass is 9.93. The van der Waals surface area contributed by atoms with E-state index in [0.29, 0.717) is 11.5 Å². The molecule has 0 spiro atoms. The summed E-state index contributed by atoms with van der Waals surface area (Å²) in [5, 5.41) is 20.1. The molecule has 33 heavy (non-hydrogen) atoms. The van der Waals surface area contributed by atoms with Crippen molar-refractivity contribution in [2.24, 2.45) is 5.92 Å². The third-order valence-electron chi connectivity index (χ3n) is 5.73. The van der Waals surface area contributed by atoms with Gasteiger partial charge in [-0.1, -0.05) is 18.2 Å². The molecule has 0 atom stereocenters. The summed E-state index contributed by atoms with van der Waals surface area (Å²) in [7, 11) is 0. The normalized spacial score (nSPS) is 14.8. The third kappa shape index (κ3) is 5.79. The highest BCUT2D eigenvalue weighted by molar-refractivity contribution is 5.67. The van der Waals surface area contributed by atoms with E-state index in [9.17, 15) is 18.0 Å². The highest BCUT2D eigenvalue weighted by Gasteiger charge is 2.30. The minimum absolute atomic E-state index is 0.226. The van der Waals surface area contributed by atoms with Crippen LogP contribution in [0.3, 0.4) is 0 Å². The van der Waals surface area contributed by atoms with Crippen LogP contribution in [0, 0.1) is 5.92 Å². The molecule has 1 aliphatic heterocycles. The van der Waals surface area contributed by atoms with Gasteiger partial charge in [0, 0.05) is 36.4 Å². The van der Waals surface area contributed by atoms with Crippen LogP contribution in [0.1, 0.15) is 24.8 Å². The van der Waals surface area contributed by atoms with Crippen LogP contribution in [0.5, 0.6) is 0 Å². The first-order valence-electron chi connectivity index (χ1n) is 10.6. The standard InChI is InChI=1S/C24H23F3N4O2/c25-24(26,27)18-2-1-3-19(15-18)28-22-9-8-21(29-30-22)17-4-6-20(7-5-17)31-12-10-16(11-13-31)14-23(32)33/h1-9,15-16H,10-14H2,(H,28,30)(H,32,33). The fraction of sp³-hybridized carbons (Fsp3) is 0.292. The van der Waals surface area contributed by atoms with Gasteiger partial charge in [0.05, 0.1) is 11.3 Å². The average molecular weight is 456 g/mol. The van der Waals surface area contributed by atoms with Crippen LogP contribution >= 0.6 is 0 Å². The molecule has 1 aliphatic rings. The number of nitrogens with one attached hydrogen (secondary N) is 1. The average Bonchev–Trinajstić information content (AvgIpc) is 2.80. The number of nitrogens with zero attached hydrogens (tertiary/aromatic N) is 3. The molecule has 1 aromatic heterocycles. The van der Waals surface area contributed by atoms with Gasteiger partial charge in [-0.05, 0) is 61.2 Å². The van der Waals surface area contributed by atoms with Gasteiger partial charge in [0.1, 0.15) is 0 Å². The van der Waals surface area contributed by atoms with Gasteiger partial charge in [-0.2, -0.15) is 13.2 Å². The first kappa shape index (κ1) is 22.6. The Hall–Kier alpha value is -3.62. The minimum Gasteiger partial charge on any atom is -0.481 e. The number of benzene rings is 2. The molecule has 4 rings (SSSR count). The number of rotatable bonds is 6. The number of alkyl halides is 3. The van der Waals surface area contributed by atoms with Gasteiger partial charge >= 0.3 is 12.1 Å². The molecule has 0 bridgehead atoms. The van der Waals surface area contributed by atoms with Gasteiger partial charge in [-0.3, -0.25) is 4.79 Å². The number of carboxylic acid groups (broad SMARTS) is 1. The zero-order chi connectivity index (χ0) is 23.4. The third-order valence-corrected chi connectivity index (χ3v) is 5.73. The second-order valence-corrected chi connectivity index (χ2v) is 8.08. The fourth-order valence-electron chi connectivity index (χ4n) is 3.96. The van der Waals surface area contributed by atoms with Crippen molar-refractivity contribution in [3.63, 3.8) is 0 Å². The van der Waals surface area contributed by atoms with E-state index in [1.165, 1.54) is 12.1 Å². The van der Waals surface area contributed by atoms with Crippen molar-refractivity contribution in [3.8, 4) is 11.3 Å². The number of aliphatic carboxylic acids is 1. The SMILES string of the molecule is O=C(O)CC1CCN(c2ccc(-c3ccc(Nc4cccc(C(F)(F)F)c4)nn3)cc2)CC1. The number of halogens is 3. The molecule has 0 aliphatic carbocycles. The van der Waals surface area contributed by atoms with Crippen molar-refractivity contribution in [2.75, 3.05) is 23.3 Å². The van der Waals surface area contributed by atoms with E-state index in [4.69, 9.17) is 5.11 Å². The van der Waals surface area contributed by atoms with Crippen molar-refractivity contribution >= 4 is 23.2 Å². The maximum absolute atomic E-state index is 12.9. The van der Waals surface area contributed by atoms with Gasteiger partial charge in [0.15, 0.2) is 5.82 Å². The first-order chi connectivity index (χ1) is 15.8. The number of anilines is 3. The highest BCUT2D eigenvalue weighted by atomic mass is 19.4. The van der Waals surface area contributed by atoms with Gasteiger partial charge in [-0.25, -0.2) is 0 Å². The summed E-state index contributed by atoms with van der Waals surface area (Å²) in [6.07, 6.45) is -2.46. The zero-order valence-electron chi connectivity index (χ0n) is 17.7. The van der Waals surface area contributed by atoms with Gasteiger partial charge < -0.3 is 15.3 Å². The lowest BCUT2D eigenvalue weighted by Gasteiger charge is -2.33. The number of carbonyl (C=O) groups is 1. The van der Waals surface area contributed by atoms with Crippen molar-refractivity contribution in [1.82, 2.24) is 10.2 Å². The number of hydrogen-bond acceptors (Lipinski definition) is 5. The second kappa shape index (κ2) is 9.48. The summed E-state index contributed by atoms with van der Waals surface area (Å²) in [5.74, 6) is -0.162. The van der Waals surface area contributed by atoms with Crippen LogP contribution in [0.25, 0.3) is 11.3 Å².